The van der Waals surface area contributed by atoms with Crippen LogP contribution in [0.1, 0.15) is 16.8 Å². The zero-order chi connectivity index (χ0) is 14.7. The van der Waals surface area contributed by atoms with Gasteiger partial charge in [-0.15, -0.1) is 0 Å². The van der Waals surface area contributed by atoms with Crippen molar-refractivity contribution in [2.24, 2.45) is 5.84 Å². The molecule has 1 aromatic rings. The molecule has 0 radical (unpaired) electrons. The SMILES string of the molecule is CN1CCCN(C(=O)c2cc(Br)cnc2NN)CC1=O. The topological polar surface area (TPSA) is 91.6 Å². The number of nitrogens with one attached hydrogen (secondary N) is 1. The molecular weight excluding hydrogens is 326 g/mol. The van der Waals surface area contributed by atoms with E-state index in [9.17, 15) is 9.59 Å². The first-order chi connectivity index (χ1) is 9.52. The summed E-state index contributed by atoms with van der Waals surface area (Å²) in [6.07, 6.45) is 2.30. The fraction of sp³-hybridized carbons (Fsp3) is 0.417. The molecular formula is C12H16BrN5O2. The van der Waals surface area contributed by atoms with E-state index in [1.54, 1.807) is 24.2 Å². The number of hydrogen-bond acceptors (Lipinski definition) is 5. The van der Waals surface area contributed by atoms with Crippen LogP contribution < -0.4 is 11.3 Å². The molecule has 7 nitrogen and oxygen atoms in total. The van der Waals surface area contributed by atoms with Gasteiger partial charge in [-0.25, -0.2) is 10.8 Å². The van der Waals surface area contributed by atoms with Crippen molar-refractivity contribution in [2.75, 3.05) is 32.1 Å². The number of hydrazine groups is 1. The maximum Gasteiger partial charge on any atom is 0.258 e. The molecule has 1 saturated heterocycles. The zero-order valence-electron chi connectivity index (χ0n) is 11.1. The van der Waals surface area contributed by atoms with Gasteiger partial charge >= 0.3 is 0 Å². The third kappa shape index (κ3) is 3.07. The quantitative estimate of drug-likeness (QED) is 0.601. The van der Waals surface area contributed by atoms with E-state index in [4.69, 9.17) is 5.84 Å². The molecule has 20 heavy (non-hydrogen) atoms. The Morgan fingerprint density at radius 2 is 2.25 bits per heavy atom. The van der Waals surface area contributed by atoms with Gasteiger partial charge < -0.3 is 15.2 Å². The van der Waals surface area contributed by atoms with Gasteiger partial charge in [0.15, 0.2) is 5.82 Å². The van der Waals surface area contributed by atoms with Crippen LogP contribution in [0.25, 0.3) is 0 Å². The number of hydrogen-bond donors (Lipinski definition) is 2. The fourth-order valence-corrected chi connectivity index (χ4v) is 2.38. The molecule has 0 saturated carbocycles. The number of nitrogens with two attached hydrogens (primary N) is 1. The Labute approximate surface area is 125 Å². The highest BCUT2D eigenvalue weighted by Crippen LogP contribution is 2.20. The lowest BCUT2D eigenvalue weighted by atomic mass is 10.2. The van der Waals surface area contributed by atoms with Crippen molar-refractivity contribution in [3.05, 3.63) is 22.3 Å². The van der Waals surface area contributed by atoms with Crippen molar-refractivity contribution in [1.82, 2.24) is 14.8 Å². The molecule has 1 aliphatic rings. The number of halogens is 1. The van der Waals surface area contributed by atoms with Crippen LogP contribution in [-0.2, 0) is 4.79 Å². The van der Waals surface area contributed by atoms with Crippen molar-refractivity contribution >= 4 is 33.6 Å². The average Bonchev–Trinajstić information content (AvgIpc) is 2.60. The Hall–Kier alpha value is -1.67. The molecule has 8 heteroatoms. The first kappa shape index (κ1) is 14.7. The lowest BCUT2D eigenvalue weighted by Gasteiger charge is -2.20. The molecule has 0 spiro atoms. The van der Waals surface area contributed by atoms with E-state index in [-0.39, 0.29) is 18.4 Å². The summed E-state index contributed by atoms with van der Waals surface area (Å²) in [6, 6.07) is 1.64. The molecule has 0 bridgehead atoms. The minimum atomic E-state index is -0.254. The van der Waals surface area contributed by atoms with E-state index in [1.807, 2.05) is 0 Å². The van der Waals surface area contributed by atoms with Crippen LogP contribution in [0.2, 0.25) is 0 Å². The Kier molecular flexibility index (Phi) is 4.56. The van der Waals surface area contributed by atoms with Gasteiger partial charge in [0.25, 0.3) is 5.91 Å². The van der Waals surface area contributed by atoms with Gasteiger partial charge in [0, 0.05) is 30.8 Å². The summed E-state index contributed by atoms with van der Waals surface area (Å²) in [5.41, 5.74) is 2.75. The Balaban J connectivity index is 2.26. The van der Waals surface area contributed by atoms with Crippen molar-refractivity contribution in [1.29, 1.82) is 0 Å². The summed E-state index contributed by atoms with van der Waals surface area (Å²) in [5, 5.41) is 0. The highest BCUT2D eigenvalue weighted by Gasteiger charge is 2.25. The molecule has 0 atom stereocenters. The number of carbonyl (C=O) groups excluding carboxylic acids is 2. The zero-order valence-corrected chi connectivity index (χ0v) is 12.7. The summed E-state index contributed by atoms with van der Waals surface area (Å²) in [5.74, 6) is 5.35. The molecule has 0 unspecified atom stereocenters. The predicted octanol–water partition coefficient (Wildman–Crippen LogP) is 0.434. The van der Waals surface area contributed by atoms with Gasteiger partial charge in [0.05, 0.1) is 5.56 Å². The fourth-order valence-electron chi connectivity index (χ4n) is 2.05. The van der Waals surface area contributed by atoms with Crippen molar-refractivity contribution in [2.45, 2.75) is 6.42 Å². The van der Waals surface area contributed by atoms with Gasteiger partial charge in [-0.2, -0.15) is 0 Å². The number of amides is 2. The summed E-state index contributed by atoms with van der Waals surface area (Å²) in [6.45, 7) is 1.26. The summed E-state index contributed by atoms with van der Waals surface area (Å²) in [7, 11) is 1.74. The molecule has 2 amide bonds. The standard InChI is InChI=1S/C12H16BrN5O2/c1-17-3-2-4-18(7-10(17)19)12(20)9-5-8(13)6-15-11(9)16-14/h5-6H,2-4,7,14H2,1H3,(H,15,16). The van der Waals surface area contributed by atoms with Gasteiger partial charge in [-0.05, 0) is 28.4 Å². The average molecular weight is 342 g/mol. The molecule has 0 aliphatic carbocycles. The monoisotopic (exact) mass is 341 g/mol. The van der Waals surface area contributed by atoms with Crippen LogP contribution in [-0.4, -0.2) is 53.3 Å². The number of carbonyl (C=O) groups is 2. The first-order valence-corrected chi connectivity index (χ1v) is 6.97. The summed E-state index contributed by atoms with van der Waals surface area (Å²) in [4.78, 5) is 31.6. The van der Waals surface area contributed by atoms with Crippen molar-refractivity contribution in [3.63, 3.8) is 0 Å². The smallest absolute Gasteiger partial charge is 0.258 e. The van der Waals surface area contributed by atoms with Crippen molar-refractivity contribution in [3.8, 4) is 0 Å². The van der Waals surface area contributed by atoms with Crippen LogP contribution in [0.5, 0.6) is 0 Å². The summed E-state index contributed by atoms with van der Waals surface area (Å²) < 4.78 is 0.679. The maximum atomic E-state index is 12.5. The normalized spacial score (nSPS) is 16.1. The number of nitrogens with zero attached hydrogens (tertiary/aromatic N) is 3. The van der Waals surface area contributed by atoms with E-state index in [1.165, 1.54) is 4.90 Å². The largest absolute Gasteiger partial charge is 0.344 e. The van der Waals surface area contributed by atoms with Crippen LogP contribution in [0.15, 0.2) is 16.7 Å². The molecule has 108 valence electrons. The second kappa shape index (κ2) is 6.19. The Morgan fingerprint density at radius 3 is 2.95 bits per heavy atom. The van der Waals surface area contributed by atoms with Crippen LogP contribution in [0.4, 0.5) is 5.82 Å². The van der Waals surface area contributed by atoms with Crippen LogP contribution in [0, 0.1) is 0 Å². The van der Waals surface area contributed by atoms with Gasteiger partial charge in [-0.1, -0.05) is 0 Å². The van der Waals surface area contributed by atoms with Gasteiger partial charge in [-0.3, -0.25) is 9.59 Å². The molecule has 1 aromatic heterocycles. The lowest BCUT2D eigenvalue weighted by molar-refractivity contribution is -0.129. The number of aromatic nitrogens is 1. The molecule has 3 N–H and O–H groups in total. The third-order valence-corrected chi connectivity index (χ3v) is 3.62. The first-order valence-electron chi connectivity index (χ1n) is 6.18. The molecule has 2 heterocycles. The number of anilines is 1. The third-order valence-electron chi connectivity index (χ3n) is 3.18. The number of nitrogen functional groups attached to an aromatic ring is 1. The van der Waals surface area contributed by atoms with E-state index in [0.717, 1.165) is 6.42 Å². The minimum absolute atomic E-state index is 0.0685. The van der Waals surface area contributed by atoms with Crippen LogP contribution in [0.3, 0.4) is 0 Å². The predicted molar refractivity (Wildman–Crippen MR) is 77.9 cm³/mol. The van der Waals surface area contributed by atoms with Gasteiger partial charge in [0.2, 0.25) is 5.91 Å². The second-order valence-corrected chi connectivity index (χ2v) is 5.51. The Bertz CT molecular complexity index is 537. The van der Waals surface area contributed by atoms with Crippen LogP contribution >= 0.6 is 15.9 Å². The maximum absolute atomic E-state index is 12.5. The molecule has 1 aliphatic heterocycles. The van der Waals surface area contributed by atoms with Gasteiger partial charge in [0.1, 0.15) is 6.54 Å². The number of pyridine rings is 1. The highest BCUT2D eigenvalue weighted by molar-refractivity contribution is 9.10. The van der Waals surface area contributed by atoms with Crippen molar-refractivity contribution < 1.29 is 9.59 Å². The second-order valence-electron chi connectivity index (χ2n) is 4.59. The molecule has 2 rings (SSSR count). The lowest BCUT2D eigenvalue weighted by Crippen LogP contribution is -2.38. The Morgan fingerprint density at radius 1 is 1.50 bits per heavy atom. The highest BCUT2D eigenvalue weighted by atomic mass is 79.9. The number of likely N-dealkylation sites (N-methyl/N-ethyl adjacent to an activating group) is 1. The number of rotatable bonds is 2. The van der Waals surface area contributed by atoms with E-state index in [0.29, 0.717) is 28.9 Å². The molecule has 0 aromatic carbocycles. The van der Waals surface area contributed by atoms with E-state index in [2.05, 4.69) is 26.3 Å². The minimum Gasteiger partial charge on any atom is -0.344 e. The molecule has 1 fully saturated rings. The van der Waals surface area contributed by atoms with E-state index >= 15 is 0 Å². The summed E-state index contributed by atoms with van der Waals surface area (Å²) >= 11 is 3.28. The van der Waals surface area contributed by atoms with E-state index < -0.39 is 0 Å².